The van der Waals surface area contributed by atoms with Gasteiger partial charge >= 0.3 is 0 Å². The van der Waals surface area contributed by atoms with Gasteiger partial charge in [-0.15, -0.1) is 0 Å². The van der Waals surface area contributed by atoms with Crippen molar-refractivity contribution in [2.24, 2.45) is 4.99 Å². The Morgan fingerprint density at radius 1 is 1.69 bits per heavy atom. The van der Waals surface area contributed by atoms with Gasteiger partial charge in [0.25, 0.3) is 0 Å². The van der Waals surface area contributed by atoms with Crippen LogP contribution in [0.2, 0.25) is 0 Å². The van der Waals surface area contributed by atoms with E-state index in [1.807, 2.05) is 11.9 Å². The number of halogens is 1. The summed E-state index contributed by atoms with van der Waals surface area (Å²) in [6.45, 7) is 8.95. The maximum Gasteiger partial charge on any atom is 0.156 e. The third-order valence-electron chi connectivity index (χ3n) is 1.81. The number of nitrogens with zero attached hydrogens (tertiary/aromatic N) is 2. The van der Waals surface area contributed by atoms with Gasteiger partial charge in [-0.05, 0) is 19.9 Å². The van der Waals surface area contributed by atoms with Crippen molar-refractivity contribution in [2.75, 3.05) is 20.1 Å². The number of allylic oxidation sites excluding steroid dienone is 1. The molecule has 0 aromatic carbocycles. The van der Waals surface area contributed by atoms with Crippen LogP contribution in [0.4, 0.5) is 0 Å². The summed E-state index contributed by atoms with van der Waals surface area (Å²) in [7, 11) is 1.96. The average molecular weight is 290 g/mol. The van der Waals surface area contributed by atoms with Gasteiger partial charge in [-0.2, -0.15) is 0 Å². The first kappa shape index (κ1) is 15.2. The molecule has 1 atom stereocenters. The first-order chi connectivity index (χ1) is 7.47. The summed E-state index contributed by atoms with van der Waals surface area (Å²) < 4.78 is 0.659. The van der Waals surface area contributed by atoms with E-state index in [1.165, 1.54) is 0 Å². The number of rotatable bonds is 7. The molecule has 2 N–H and O–H groups in total. The van der Waals surface area contributed by atoms with Crippen LogP contribution in [-0.2, 0) is 0 Å². The Hall–Kier alpha value is -0.810. The van der Waals surface area contributed by atoms with Gasteiger partial charge in [0.2, 0.25) is 0 Å². The topological polar surface area (TPSA) is 47.9 Å². The van der Waals surface area contributed by atoms with Gasteiger partial charge < -0.3 is 15.3 Å². The van der Waals surface area contributed by atoms with E-state index in [0.29, 0.717) is 16.7 Å². The summed E-state index contributed by atoms with van der Waals surface area (Å²) in [6, 6.07) is 0. The third-order valence-corrected chi connectivity index (χ3v) is 2.57. The fourth-order valence-corrected chi connectivity index (χ4v) is 1.08. The Kier molecular flexibility index (Phi) is 7.93. The molecule has 0 aromatic rings. The van der Waals surface area contributed by atoms with E-state index < -0.39 is 6.23 Å². The van der Waals surface area contributed by atoms with E-state index in [0.717, 1.165) is 6.54 Å². The van der Waals surface area contributed by atoms with Gasteiger partial charge in [0.05, 0.1) is 12.9 Å². The predicted octanol–water partition coefficient (Wildman–Crippen LogP) is 1.69. The van der Waals surface area contributed by atoms with Crippen molar-refractivity contribution >= 4 is 22.3 Å². The normalized spacial score (nSPS) is 13.9. The molecule has 0 aliphatic heterocycles. The SMILES string of the molecule is C=C(C)N[C@H](O)/C(Br)=C\C/N=C/N(C)CC. The molecule has 0 saturated heterocycles. The molecule has 0 fully saturated rings. The summed E-state index contributed by atoms with van der Waals surface area (Å²) in [5.74, 6) is 0. The molecule has 0 amide bonds. The summed E-state index contributed by atoms with van der Waals surface area (Å²) in [6.07, 6.45) is 2.83. The molecule has 0 radical (unpaired) electrons. The molecule has 0 aliphatic rings. The highest BCUT2D eigenvalue weighted by atomic mass is 79.9. The zero-order valence-corrected chi connectivity index (χ0v) is 11.7. The lowest BCUT2D eigenvalue weighted by Gasteiger charge is -2.12. The first-order valence-corrected chi connectivity index (χ1v) is 5.92. The zero-order valence-electron chi connectivity index (χ0n) is 10.1. The molecule has 0 spiro atoms. The van der Waals surface area contributed by atoms with Crippen molar-refractivity contribution < 1.29 is 5.11 Å². The quantitative estimate of drug-likeness (QED) is 0.426. The van der Waals surface area contributed by atoms with Crippen LogP contribution in [0.1, 0.15) is 13.8 Å². The second-order valence-electron chi connectivity index (χ2n) is 3.47. The standard InChI is InChI=1S/C11H20BrN3O/c1-5-15(4)8-13-7-6-10(12)11(16)14-9(2)3/h6,8,11,14,16H,2,5,7H2,1,3-4H3/b10-6+,13-8+/t11-/m1/s1. The molecule has 0 rings (SSSR count). The lowest BCUT2D eigenvalue weighted by atomic mass is 10.4. The van der Waals surface area contributed by atoms with Crippen LogP contribution in [0.3, 0.4) is 0 Å². The van der Waals surface area contributed by atoms with Crippen molar-refractivity contribution in [3.63, 3.8) is 0 Å². The molecule has 16 heavy (non-hydrogen) atoms. The van der Waals surface area contributed by atoms with Crippen molar-refractivity contribution in [1.29, 1.82) is 0 Å². The Morgan fingerprint density at radius 2 is 2.31 bits per heavy atom. The number of aliphatic hydroxyl groups excluding tert-OH is 1. The van der Waals surface area contributed by atoms with Crippen LogP contribution in [0, 0.1) is 0 Å². The molecular formula is C11H20BrN3O. The van der Waals surface area contributed by atoms with Gasteiger partial charge in [0.15, 0.2) is 6.23 Å². The van der Waals surface area contributed by atoms with Gasteiger partial charge in [-0.3, -0.25) is 4.99 Å². The Bertz CT molecular complexity index is 276. The zero-order chi connectivity index (χ0) is 12.6. The van der Waals surface area contributed by atoms with Crippen LogP contribution in [-0.4, -0.2) is 42.7 Å². The maximum atomic E-state index is 9.59. The summed E-state index contributed by atoms with van der Waals surface area (Å²) in [4.78, 5) is 6.15. The van der Waals surface area contributed by atoms with E-state index in [2.05, 4.69) is 39.7 Å². The number of hydrogen-bond acceptors (Lipinski definition) is 3. The number of aliphatic imine (C=N–C) groups is 1. The van der Waals surface area contributed by atoms with E-state index in [1.54, 1.807) is 19.3 Å². The fourth-order valence-electron chi connectivity index (χ4n) is 0.822. The van der Waals surface area contributed by atoms with Gasteiger partial charge in [0, 0.05) is 23.8 Å². The smallest absolute Gasteiger partial charge is 0.156 e. The van der Waals surface area contributed by atoms with Crippen LogP contribution >= 0.6 is 15.9 Å². The summed E-state index contributed by atoms with van der Waals surface area (Å²) in [5.41, 5.74) is 0.715. The third kappa shape index (κ3) is 7.48. The average Bonchev–Trinajstić information content (AvgIpc) is 2.22. The van der Waals surface area contributed by atoms with Crippen LogP contribution in [0.25, 0.3) is 0 Å². The molecule has 0 heterocycles. The second kappa shape index (κ2) is 8.35. The number of aliphatic hydroxyl groups is 1. The Morgan fingerprint density at radius 3 is 2.81 bits per heavy atom. The molecule has 0 unspecified atom stereocenters. The molecule has 0 aliphatic carbocycles. The van der Waals surface area contributed by atoms with Crippen LogP contribution < -0.4 is 5.32 Å². The van der Waals surface area contributed by atoms with E-state index in [-0.39, 0.29) is 0 Å². The van der Waals surface area contributed by atoms with Crippen molar-refractivity contribution in [1.82, 2.24) is 10.2 Å². The molecule has 0 saturated carbocycles. The van der Waals surface area contributed by atoms with Gasteiger partial charge in [-0.1, -0.05) is 22.5 Å². The lowest BCUT2D eigenvalue weighted by Crippen LogP contribution is -2.26. The molecule has 0 bridgehead atoms. The highest BCUT2D eigenvalue weighted by molar-refractivity contribution is 9.11. The highest BCUT2D eigenvalue weighted by Gasteiger charge is 2.05. The van der Waals surface area contributed by atoms with Crippen molar-refractivity contribution in [3.8, 4) is 0 Å². The van der Waals surface area contributed by atoms with Crippen LogP contribution in [0.15, 0.2) is 27.8 Å². The Labute approximate surface area is 106 Å². The van der Waals surface area contributed by atoms with E-state index >= 15 is 0 Å². The van der Waals surface area contributed by atoms with Crippen molar-refractivity contribution in [3.05, 3.63) is 22.8 Å². The minimum Gasteiger partial charge on any atom is -0.369 e. The van der Waals surface area contributed by atoms with Gasteiger partial charge in [0.1, 0.15) is 0 Å². The fraction of sp³-hybridized carbons (Fsp3) is 0.545. The summed E-state index contributed by atoms with van der Waals surface area (Å²) in [5, 5.41) is 12.4. The molecule has 0 aromatic heterocycles. The van der Waals surface area contributed by atoms with E-state index in [4.69, 9.17) is 0 Å². The summed E-state index contributed by atoms with van der Waals surface area (Å²) >= 11 is 3.28. The monoisotopic (exact) mass is 289 g/mol. The number of nitrogens with one attached hydrogen (secondary N) is 1. The molecular weight excluding hydrogens is 270 g/mol. The van der Waals surface area contributed by atoms with Crippen molar-refractivity contribution in [2.45, 2.75) is 20.1 Å². The minimum atomic E-state index is -0.753. The minimum absolute atomic E-state index is 0.528. The van der Waals surface area contributed by atoms with Gasteiger partial charge in [-0.25, -0.2) is 0 Å². The largest absolute Gasteiger partial charge is 0.369 e. The Balaban J connectivity index is 4.03. The number of hydrogen-bond donors (Lipinski definition) is 2. The lowest BCUT2D eigenvalue weighted by molar-refractivity contribution is 0.195. The molecule has 4 nitrogen and oxygen atoms in total. The molecule has 5 heteroatoms. The molecule has 92 valence electrons. The van der Waals surface area contributed by atoms with Crippen LogP contribution in [0.5, 0.6) is 0 Å². The highest BCUT2D eigenvalue weighted by Crippen LogP contribution is 2.09. The maximum absolute atomic E-state index is 9.59. The second-order valence-corrected chi connectivity index (χ2v) is 4.39. The predicted molar refractivity (Wildman–Crippen MR) is 72.6 cm³/mol. The van der Waals surface area contributed by atoms with E-state index in [9.17, 15) is 5.11 Å². The first-order valence-electron chi connectivity index (χ1n) is 5.13.